The summed E-state index contributed by atoms with van der Waals surface area (Å²) in [6.45, 7) is 2.71. The van der Waals surface area contributed by atoms with Gasteiger partial charge in [0.1, 0.15) is 0 Å². The number of aromatic nitrogens is 1. The van der Waals surface area contributed by atoms with Crippen molar-refractivity contribution in [2.45, 2.75) is 51.6 Å². The van der Waals surface area contributed by atoms with Crippen LogP contribution in [0.25, 0.3) is 0 Å². The van der Waals surface area contributed by atoms with Gasteiger partial charge in [0.15, 0.2) is 0 Å². The number of aliphatic carboxylic acids is 1. The largest absolute Gasteiger partial charge is 0.481 e. The second-order valence-electron chi connectivity index (χ2n) is 5.36. The maximum absolute atomic E-state index is 12.2. The van der Waals surface area contributed by atoms with Crippen LogP contribution in [0.2, 0.25) is 0 Å². The van der Waals surface area contributed by atoms with Crippen LogP contribution in [0.15, 0.2) is 10.2 Å². The third-order valence-corrected chi connectivity index (χ3v) is 4.50. The molecule has 21 heavy (non-hydrogen) atoms. The first kappa shape index (κ1) is 15.8. The molecule has 1 aromatic rings. The molecule has 0 unspecified atom stereocenters. The third-order valence-electron chi connectivity index (χ3n) is 3.62. The van der Waals surface area contributed by atoms with Gasteiger partial charge < -0.3 is 14.6 Å². The van der Waals surface area contributed by atoms with Crippen molar-refractivity contribution in [2.24, 2.45) is 0 Å². The number of amides is 1. The summed E-state index contributed by atoms with van der Waals surface area (Å²) in [7, 11) is 0. The second kappa shape index (κ2) is 6.89. The highest BCUT2D eigenvalue weighted by atomic mass is 32.1. The van der Waals surface area contributed by atoms with Gasteiger partial charge in [-0.05, 0) is 26.2 Å². The van der Waals surface area contributed by atoms with E-state index in [9.17, 15) is 14.4 Å². The number of carboxylic acid groups (broad SMARTS) is 1. The van der Waals surface area contributed by atoms with Gasteiger partial charge in [-0.25, -0.2) is 0 Å². The molecular formula is C14H20N2O4S. The zero-order valence-electron chi connectivity index (χ0n) is 12.1. The number of rotatable bonds is 8. The highest BCUT2D eigenvalue weighted by Crippen LogP contribution is 2.27. The molecule has 6 nitrogen and oxygen atoms in total. The van der Waals surface area contributed by atoms with E-state index in [2.05, 4.69) is 0 Å². The van der Waals surface area contributed by atoms with Gasteiger partial charge in [0.25, 0.3) is 0 Å². The summed E-state index contributed by atoms with van der Waals surface area (Å²) in [5.41, 5.74) is 0.919. The topological polar surface area (TPSA) is 79.6 Å². The number of hydrogen-bond donors (Lipinski definition) is 1. The van der Waals surface area contributed by atoms with Gasteiger partial charge in [0.05, 0.1) is 6.42 Å². The molecule has 1 aliphatic carbocycles. The van der Waals surface area contributed by atoms with Crippen molar-refractivity contribution in [3.05, 3.63) is 20.7 Å². The van der Waals surface area contributed by atoms with E-state index in [1.165, 1.54) is 11.3 Å². The van der Waals surface area contributed by atoms with E-state index in [0.29, 0.717) is 19.4 Å². The van der Waals surface area contributed by atoms with Gasteiger partial charge >= 0.3 is 10.8 Å². The molecule has 116 valence electrons. The van der Waals surface area contributed by atoms with Gasteiger partial charge in [-0.3, -0.25) is 14.4 Å². The van der Waals surface area contributed by atoms with Gasteiger partial charge in [0, 0.05) is 36.6 Å². The zero-order valence-corrected chi connectivity index (χ0v) is 12.9. The van der Waals surface area contributed by atoms with Crippen molar-refractivity contribution < 1.29 is 14.7 Å². The Labute approximate surface area is 127 Å². The van der Waals surface area contributed by atoms with Crippen molar-refractivity contribution in [3.63, 3.8) is 0 Å². The lowest BCUT2D eigenvalue weighted by molar-refractivity contribution is -0.138. The summed E-state index contributed by atoms with van der Waals surface area (Å²) in [6.07, 6.45) is 2.89. The molecule has 0 aliphatic heterocycles. The van der Waals surface area contributed by atoms with Crippen LogP contribution in [-0.2, 0) is 16.1 Å². The zero-order chi connectivity index (χ0) is 15.4. The minimum Gasteiger partial charge on any atom is -0.481 e. The molecule has 0 saturated heterocycles. The van der Waals surface area contributed by atoms with Crippen LogP contribution < -0.4 is 4.87 Å². The van der Waals surface area contributed by atoms with Gasteiger partial charge in [-0.15, -0.1) is 0 Å². The Kier molecular flexibility index (Phi) is 5.17. The molecule has 0 spiro atoms. The van der Waals surface area contributed by atoms with E-state index >= 15 is 0 Å². The number of hydrogen-bond acceptors (Lipinski definition) is 4. The summed E-state index contributed by atoms with van der Waals surface area (Å²) in [4.78, 5) is 36.1. The van der Waals surface area contributed by atoms with E-state index in [0.717, 1.165) is 18.5 Å². The fourth-order valence-electron chi connectivity index (χ4n) is 2.32. The Balaban J connectivity index is 1.82. The standard InChI is InChI=1S/C14H20N2O4S/c1-10-9-21-14(20)15(10)7-2-3-12(17)16(11-4-5-11)8-6-13(18)19/h9,11H,2-8H2,1H3,(H,18,19). The molecule has 2 rings (SSSR count). The molecule has 7 heteroatoms. The highest BCUT2D eigenvalue weighted by Gasteiger charge is 2.32. The minimum atomic E-state index is -0.881. The summed E-state index contributed by atoms with van der Waals surface area (Å²) in [5.74, 6) is -0.881. The quantitative estimate of drug-likeness (QED) is 0.788. The Hall–Kier alpha value is -1.63. The molecule has 1 amide bonds. The molecule has 1 fully saturated rings. The van der Waals surface area contributed by atoms with Crippen molar-refractivity contribution in [3.8, 4) is 0 Å². The minimum absolute atomic E-state index is 0.000295. The second-order valence-corrected chi connectivity index (χ2v) is 6.18. The van der Waals surface area contributed by atoms with Crippen molar-refractivity contribution in [1.82, 2.24) is 9.47 Å². The van der Waals surface area contributed by atoms with E-state index in [1.54, 1.807) is 9.47 Å². The first-order valence-corrected chi connectivity index (χ1v) is 8.03. The number of carbonyl (C=O) groups excluding carboxylic acids is 1. The monoisotopic (exact) mass is 312 g/mol. The average Bonchev–Trinajstić information content (AvgIpc) is 3.20. The fourth-order valence-corrected chi connectivity index (χ4v) is 3.08. The van der Waals surface area contributed by atoms with Crippen molar-refractivity contribution >= 4 is 23.2 Å². The molecule has 1 aromatic heterocycles. The Bertz CT molecular complexity index is 574. The predicted molar refractivity (Wildman–Crippen MR) is 79.5 cm³/mol. The van der Waals surface area contributed by atoms with Crippen LogP contribution in [0.4, 0.5) is 0 Å². The molecule has 0 aromatic carbocycles. The van der Waals surface area contributed by atoms with Gasteiger partial charge in [-0.2, -0.15) is 0 Å². The Morgan fingerprint density at radius 2 is 2.14 bits per heavy atom. The molecule has 1 saturated carbocycles. The maximum Gasteiger partial charge on any atom is 0.307 e. The number of thiazole rings is 1. The van der Waals surface area contributed by atoms with Crippen LogP contribution in [0.5, 0.6) is 0 Å². The fraction of sp³-hybridized carbons (Fsp3) is 0.643. The molecule has 1 N–H and O–H groups in total. The van der Waals surface area contributed by atoms with Crippen LogP contribution in [0, 0.1) is 6.92 Å². The van der Waals surface area contributed by atoms with E-state index in [1.807, 2.05) is 12.3 Å². The molecular weight excluding hydrogens is 292 g/mol. The summed E-state index contributed by atoms with van der Waals surface area (Å²) in [6, 6.07) is 0.224. The summed E-state index contributed by atoms with van der Waals surface area (Å²) < 4.78 is 1.68. The third kappa shape index (κ3) is 4.42. The lowest BCUT2D eigenvalue weighted by atomic mass is 10.2. The maximum atomic E-state index is 12.2. The lowest BCUT2D eigenvalue weighted by Crippen LogP contribution is -2.35. The highest BCUT2D eigenvalue weighted by molar-refractivity contribution is 7.07. The van der Waals surface area contributed by atoms with E-state index in [4.69, 9.17) is 5.11 Å². The van der Waals surface area contributed by atoms with Crippen molar-refractivity contribution in [2.75, 3.05) is 6.54 Å². The molecule has 1 heterocycles. The first-order valence-electron chi connectivity index (χ1n) is 7.15. The first-order chi connectivity index (χ1) is 9.99. The summed E-state index contributed by atoms with van der Waals surface area (Å²) >= 11 is 1.17. The van der Waals surface area contributed by atoms with E-state index in [-0.39, 0.29) is 29.8 Å². The summed E-state index contributed by atoms with van der Waals surface area (Å²) in [5, 5.41) is 10.5. The molecule has 1 aliphatic rings. The molecule has 0 radical (unpaired) electrons. The lowest BCUT2D eigenvalue weighted by Gasteiger charge is -2.21. The smallest absolute Gasteiger partial charge is 0.307 e. The predicted octanol–water partition coefficient (Wildman–Crippen LogP) is 1.46. The number of carboxylic acids is 1. The Morgan fingerprint density at radius 3 is 2.67 bits per heavy atom. The number of nitrogens with zero attached hydrogens (tertiary/aromatic N) is 2. The van der Waals surface area contributed by atoms with Crippen LogP contribution in [0.3, 0.4) is 0 Å². The van der Waals surface area contributed by atoms with Gasteiger partial charge in [0.2, 0.25) is 5.91 Å². The van der Waals surface area contributed by atoms with Gasteiger partial charge in [-0.1, -0.05) is 11.3 Å². The molecule has 0 bridgehead atoms. The van der Waals surface area contributed by atoms with E-state index < -0.39 is 5.97 Å². The van der Waals surface area contributed by atoms with Crippen LogP contribution in [-0.4, -0.2) is 39.0 Å². The Morgan fingerprint density at radius 1 is 1.43 bits per heavy atom. The van der Waals surface area contributed by atoms with Crippen LogP contribution in [0.1, 0.15) is 37.8 Å². The average molecular weight is 312 g/mol. The number of aryl methyl sites for hydroxylation is 1. The van der Waals surface area contributed by atoms with Crippen molar-refractivity contribution in [1.29, 1.82) is 0 Å². The SMILES string of the molecule is Cc1csc(=O)n1CCCC(=O)N(CCC(=O)O)C1CC1. The normalized spacial score (nSPS) is 14.1. The van der Waals surface area contributed by atoms with Crippen LogP contribution >= 0.6 is 11.3 Å². The molecule has 0 atom stereocenters. The number of carbonyl (C=O) groups is 2.